The van der Waals surface area contributed by atoms with E-state index < -0.39 is 23.8 Å². The summed E-state index contributed by atoms with van der Waals surface area (Å²) >= 11 is 0. The Kier molecular flexibility index (Phi) is 3.22. The van der Waals surface area contributed by atoms with E-state index in [-0.39, 0.29) is 6.42 Å². The Morgan fingerprint density at radius 2 is 1.48 bits per heavy atom. The zero-order chi connectivity index (χ0) is 15.0. The third-order valence-corrected chi connectivity index (χ3v) is 4.03. The van der Waals surface area contributed by atoms with E-state index in [1.54, 1.807) is 12.1 Å². The summed E-state index contributed by atoms with van der Waals surface area (Å²) in [5.74, 6) is -4.17. The van der Waals surface area contributed by atoms with Gasteiger partial charge in [0, 0.05) is 0 Å². The molecule has 2 N–H and O–H groups in total. The molecular weight excluding hydrogens is 268 g/mol. The summed E-state index contributed by atoms with van der Waals surface area (Å²) < 4.78 is 0. The van der Waals surface area contributed by atoms with E-state index in [9.17, 15) is 19.8 Å². The SMILES string of the molecule is O=C(O)[C@H]1Cc2ccccc2-c2ccccc2[C@@H]1C(=O)O. The van der Waals surface area contributed by atoms with Crippen LogP contribution in [0.4, 0.5) is 0 Å². The Labute approximate surface area is 121 Å². The third kappa shape index (κ3) is 2.18. The Hall–Kier alpha value is -2.62. The summed E-state index contributed by atoms with van der Waals surface area (Å²) in [6.07, 6.45) is 0.219. The van der Waals surface area contributed by atoms with Crippen molar-refractivity contribution in [3.63, 3.8) is 0 Å². The number of carboxylic acids is 2. The first-order valence-corrected chi connectivity index (χ1v) is 6.72. The van der Waals surface area contributed by atoms with Gasteiger partial charge in [0.25, 0.3) is 0 Å². The molecule has 106 valence electrons. The highest BCUT2D eigenvalue weighted by molar-refractivity contribution is 5.89. The second kappa shape index (κ2) is 5.05. The number of hydrogen-bond acceptors (Lipinski definition) is 2. The van der Waals surface area contributed by atoms with Crippen LogP contribution in [0, 0.1) is 5.92 Å². The molecule has 2 aromatic carbocycles. The number of aliphatic carboxylic acids is 2. The van der Waals surface area contributed by atoms with Gasteiger partial charge in [-0.15, -0.1) is 0 Å². The maximum atomic E-state index is 11.7. The quantitative estimate of drug-likeness (QED) is 0.888. The van der Waals surface area contributed by atoms with Gasteiger partial charge in [-0.2, -0.15) is 0 Å². The van der Waals surface area contributed by atoms with Crippen molar-refractivity contribution in [3.05, 3.63) is 59.7 Å². The highest BCUT2D eigenvalue weighted by atomic mass is 16.4. The Morgan fingerprint density at radius 3 is 2.14 bits per heavy atom. The first-order chi connectivity index (χ1) is 10.1. The first-order valence-electron chi connectivity index (χ1n) is 6.72. The minimum atomic E-state index is -1.09. The molecule has 0 aliphatic heterocycles. The zero-order valence-corrected chi connectivity index (χ0v) is 11.2. The normalized spacial score (nSPS) is 20.0. The molecule has 21 heavy (non-hydrogen) atoms. The molecule has 4 heteroatoms. The summed E-state index contributed by atoms with van der Waals surface area (Å²) in [6, 6.07) is 14.7. The maximum Gasteiger partial charge on any atom is 0.311 e. The molecule has 0 saturated carbocycles. The fourth-order valence-electron chi connectivity index (χ4n) is 3.08. The van der Waals surface area contributed by atoms with Crippen LogP contribution in [0.25, 0.3) is 11.1 Å². The molecule has 2 atom stereocenters. The average molecular weight is 282 g/mol. The zero-order valence-electron chi connectivity index (χ0n) is 11.2. The highest BCUT2D eigenvalue weighted by Crippen LogP contribution is 2.41. The van der Waals surface area contributed by atoms with E-state index in [2.05, 4.69) is 0 Å². The molecule has 0 fully saturated rings. The molecule has 4 nitrogen and oxygen atoms in total. The third-order valence-electron chi connectivity index (χ3n) is 4.03. The van der Waals surface area contributed by atoms with Gasteiger partial charge in [-0.1, -0.05) is 48.5 Å². The maximum absolute atomic E-state index is 11.7. The fourth-order valence-corrected chi connectivity index (χ4v) is 3.08. The molecule has 0 spiro atoms. The van der Waals surface area contributed by atoms with E-state index in [0.29, 0.717) is 5.56 Å². The van der Waals surface area contributed by atoms with Crippen LogP contribution in [0.15, 0.2) is 48.5 Å². The van der Waals surface area contributed by atoms with Crippen LogP contribution in [-0.2, 0) is 16.0 Å². The molecule has 0 aromatic heterocycles. The minimum absolute atomic E-state index is 0.219. The standard InChI is InChI=1S/C17H14O4/c18-16(19)14-9-10-5-1-2-6-11(10)12-7-3-4-8-13(12)15(14)17(20)21/h1-8,14-15H,9H2,(H,18,19)(H,20,21)/t14-,15-/m0/s1. The molecular formula is C17H14O4. The molecule has 0 amide bonds. The van der Waals surface area contributed by atoms with Crippen molar-refractivity contribution in [2.24, 2.45) is 5.92 Å². The molecule has 0 heterocycles. The van der Waals surface area contributed by atoms with Crippen molar-refractivity contribution >= 4 is 11.9 Å². The Morgan fingerprint density at radius 1 is 0.857 bits per heavy atom. The van der Waals surface area contributed by atoms with Crippen LogP contribution in [-0.4, -0.2) is 22.2 Å². The van der Waals surface area contributed by atoms with E-state index >= 15 is 0 Å². The van der Waals surface area contributed by atoms with Crippen LogP contribution in [0.2, 0.25) is 0 Å². The number of fused-ring (bicyclic) bond motifs is 3. The van der Waals surface area contributed by atoms with Crippen LogP contribution in [0.3, 0.4) is 0 Å². The van der Waals surface area contributed by atoms with E-state index in [1.807, 2.05) is 36.4 Å². The number of carboxylic acid groups (broad SMARTS) is 2. The lowest BCUT2D eigenvalue weighted by molar-refractivity contribution is -0.150. The largest absolute Gasteiger partial charge is 0.481 e. The second-order valence-corrected chi connectivity index (χ2v) is 5.21. The van der Waals surface area contributed by atoms with Crippen molar-refractivity contribution in [1.82, 2.24) is 0 Å². The van der Waals surface area contributed by atoms with Crippen LogP contribution >= 0.6 is 0 Å². The summed E-state index contributed by atoms with van der Waals surface area (Å²) in [4.78, 5) is 23.3. The second-order valence-electron chi connectivity index (χ2n) is 5.21. The predicted molar refractivity (Wildman–Crippen MR) is 77.1 cm³/mol. The van der Waals surface area contributed by atoms with Crippen LogP contribution in [0.5, 0.6) is 0 Å². The number of hydrogen-bond donors (Lipinski definition) is 2. The molecule has 3 rings (SSSR count). The summed E-state index contributed by atoms with van der Waals surface area (Å²) in [7, 11) is 0. The molecule has 2 aromatic rings. The minimum Gasteiger partial charge on any atom is -0.481 e. The molecule has 0 bridgehead atoms. The van der Waals surface area contributed by atoms with Gasteiger partial charge in [-0.05, 0) is 28.7 Å². The Balaban J connectivity index is 2.31. The summed E-state index contributed by atoms with van der Waals surface area (Å²) in [5, 5.41) is 19.0. The lowest BCUT2D eigenvalue weighted by Gasteiger charge is -2.19. The number of rotatable bonds is 2. The fraction of sp³-hybridized carbons (Fsp3) is 0.176. The van der Waals surface area contributed by atoms with E-state index in [0.717, 1.165) is 16.7 Å². The molecule has 1 aliphatic rings. The number of carbonyl (C=O) groups is 2. The monoisotopic (exact) mass is 282 g/mol. The smallest absolute Gasteiger partial charge is 0.311 e. The highest BCUT2D eigenvalue weighted by Gasteiger charge is 2.39. The van der Waals surface area contributed by atoms with E-state index in [1.165, 1.54) is 0 Å². The van der Waals surface area contributed by atoms with Gasteiger partial charge in [0.15, 0.2) is 0 Å². The van der Waals surface area contributed by atoms with Crippen molar-refractivity contribution < 1.29 is 19.8 Å². The van der Waals surface area contributed by atoms with E-state index in [4.69, 9.17) is 0 Å². The van der Waals surface area contributed by atoms with Gasteiger partial charge in [-0.3, -0.25) is 9.59 Å². The van der Waals surface area contributed by atoms with Crippen molar-refractivity contribution in [2.45, 2.75) is 12.3 Å². The van der Waals surface area contributed by atoms with Crippen molar-refractivity contribution in [3.8, 4) is 11.1 Å². The van der Waals surface area contributed by atoms with Gasteiger partial charge < -0.3 is 10.2 Å². The molecule has 0 saturated heterocycles. The van der Waals surface area contributed by atoms with Gasteiger partial charge in [0.2, 0.25) is 0 Å². The van der Waals surface area contributed by atoms with Crippen LogP contribution < -0.4 is 0 Å². The molecule has 0 radical (unpaired) electrons. The lowest BCUT2D eigenvalue weighted by atomic mass is 9.83. The molecule has 1 aliphatic carbocycles. The van der Waals surface area contributed by atoms with Gasteiger partial charge in [0.05, 0.1) is 11.8 Å². The van der Waals surface area contributed by atoms with Crippen molar-refractivity contribution in [2.75, 3.05) is 0 Å². The van der Waals surface area contributed by atoms with Crippen molar-refractivity contribution in [1.29, 1.82) is 0 Å². The van der Waals surface area contributed by atoms with Crippen LogP contribution in [0.1, 0.15) is 17.0 Å². The summed E-state index contributed by atoms with van der Waals surface area (Å²) in [5.41, 5.74) is 3.18. The average Bonchev–Trinajstić information content (AvgIpc) is 2.62. The first kappa shape index (κ1) is 13.4. The predicted octanol–water partition coefficient (Wildman–Crippen LogP) is 2.78. The lowest BCUT2D eigenvalue weighted by Crippen LogP contribution is -2.29. The topological polar surface area (TPSA) is 74.6 Å². The number of benzene rings is 2. The van der Waals surface area contributed by atoms with Gasteiger partial charge in [-0.25, -0.2) is 0 Å². The van der Waals surface area contributed by atoms with Gasteiger partial charge in [0.1, 0.15) is 0 Å². The summed E-state index contributed by atoms with van der Waals surface area (Å²) in [6.45, 7) is 0. The Bertz CT molecular complexity index is 720. The molecule has 0 unspecified atom stereocenters. The van der Waals surface area contributed by atoms with Gasteiger partial charge >= 0.3 is 11.9 Å².